The summed E-state index contributed by atoms with van der Waals surface area (Å²) in [6.07, 6.45) is 2.23. The van der Waals surface area contributed by atoms with Crippen molar-refractivity contribution in [1.82, 2.24) is 10.2 Å². The van der Waals surface area contributed by atoms with Gasteiger partial charge in [0, 0.05) is 23.6 Å². The minimum Gasteiger partial charge on any atom is -0.338 e. The van der Waals surface area contributed by atoms with Crippen LogP contribution in [0.15, 0.2) is 22.7 Å². The summed E-state index contributed by atoms with van der Waals surface area (Å²) in [5.74, 6) is 0.562. The molecule has 1 N–H and O–H groups in total. The Morgan fingerprint density at radius 3 is 3.00 bits per heavy atom. The Bertz CT molecular complexity index is 507. The number of nitrogens with zero attached hydrogens (tertiary/aromatic N) is 1. The zero-order chi connectivity index (χ0) is 15.4. The van der Waals surface area contributed by atoms with E-state index in [1.54, 1.807) is 6.07 Å². The Labute approximate surface area is 140 Å². The standard InChI is InChI=1S/C16H22BrClN2O/c1-11(2)19-9-12-5-4-8-20(10-12)16(21)13-6-3-7-14(17)15(13)18/h3,6-7,11-12,19H,4-5,8-10H2,1-2H3. The topological polar surface area (TPSA) is 32.3 Å². The molecule has 0 radical (unpaired) electrons. The van der Waals surface area contributed by atoms with Crippen molar-refractivity contribution in [3.63, 3.8) is 0 Å². The van der Waals surface area contributed by atoms with Gasteiger partial charge in [0.05, 0.1) is 10.6 Å². The predicted octanol–water partition coefficient (Wildman–Crippen LogP) is 3.95. The Kier molecular flexibility index (Phi) is 6.08. The maximum atomic E-state index is 12.7. The molecule has 2 rings (SSSR count). The molecule has 0 saturated carbocycles. The van der Waals surface area contributed by atoms with E-state index in [0.29, 0.717) is 22.5 Å². The number of rotatable bonds is 4. The molecule has 1 aliphatic heterocycles. The molecule has 1 aliphatic rings. The highest BCUT2D eigenvalue weighted by Crippen LogP contribution is 2.28. The van der Waals surface area contributed by atoms with E-state index in [2.05, 4.69) is 35.1 Å². The molecule has 0 aromatic heterocycles. The van der Waals surface area contributed by atoms with E-state index in [9.17, 15) is 4.79 Å². The van der Waals surface area contributed by atoms with Crippen molar-refractivity contribution < 1.29 is 4.79 Å². The van der Waals surface area contributed by atoms with Gasteiger partial charge in [0.1, 0.15) is 0 Å². The summed E-state index contributed by atoms with van der Waals surface area (Å²) in [6, 6.07) is 5.98. The quantitative estimate of drug-likeness (QED) is 0.866. The number of nitrogens with one attached hydrogen (secondary N) is 1. The highest BCUT2D eigenvalue weighted by Gasteiger charge is 2.26. The molecule has 1 aromatic rings. The van der Waals surface area contributed by atoms with E-state index < -0.39 is 0 Å². The van der Waals surface area contributed by atoms with E-state index >= 15 is 0 Å². The van der Waals surface area contributed by atoms with Gasteiger partial charge in [-0.25, -0.2) is 0 Å². The van der Waals surface area contributed by atoms with Crippen LogP contribution in [0, 0.1) is 5.92 Å². The first-order valence-corrected chi connectivity index (χ1v) is 8.62. The molecule has 1 saturated heterocycles. The number of halogens is 2. The predicted molar refractivity (Wildman–Crippen MR) is 90.9 cm³/mol. The van der Waals surface area contributed by atoms with E-state index in [-0.39, 0.29) is 5.91 Å². The van der Waals surface area contributed by atoms with Gasteiger partial charge in [-0.3, -0.25) is 4.79 Å². The van der Waals surface area contributed by atoms with Crippen LogP contribution in [0.3, 0.4) is 0 Å². The fraction of sp³-hybridized carbons (Fsp3) is 0.562. The van der Waals surface area contributed by atoms with Crippen LogP contribution in [0.2, 0.25) is 5.02 Å². The summed E-state index contributed by atoms with van der Waals surface area (Å²) in [7, 11) is 0. The molecule has 0 bridgehead atoms. The largest absolute Gasteiger partial charge is 0.338 e. The molecule has 0 spiro atoms. The van der Waals surface area contributed by atoms with Crippen LogP contribution in [0.5, 0.6) is 0 Å². The molecule has 1 amide bonds. The highest BCUT2D eigenvalue weighted by molar-refractivity contribution is 9.10. The molecular weight excluding hydrogens is 352 g/mol. The molecule has 1 aromatic carbocycles. The van der Waals surface area contributed by atoms with Crippen LogP contribution >= 0.6 is 27.5 Å². The van der Waals surface area contributed by atoms with Crippen LogP contribution in [0.25, 0.3) is 0 Å². The van der Waals surface area contributed by atoms with Gasteiger partial charge in [-0.1, -0.05) is 31.5 Å². The van der Waals surface area contributed by atoms with Crippen molar-refractivity contribution in [2.45, 2.75) is 32.7 Å². The smallest absolute Gasteiger partial charge is 0.255 e. The van der Waals surface area contributed by atoms with Crippen LogP contribution in [0.1, 0.15) is 37.0 Å². The van der Waals surface area contributed by atoms with Crippen LogP contribution in [-0.4, -0.2) is 36.5 Å². The molecule has 1 fully saturated rings. The average Bonchev–Trinajstić information content (AvgIpc) is 2.47. The first-order chi connectivity index (χ1) is 9.99. The number of piperidine rings is 1. The van der Waals surface area contributed by atoms with Gasteiger partial charge in [0.15, 0.2) is 0 Å². The second kappa shape index (κ2) is 7.61. The SMILES string of the molecule is CC(C)NCC1CCCN(C(=O)c2cccc(Br)c2Cl)C1. The number of amides is 1. The molecule has 0 aliphatic carbocycles. The fourth-order valence-corrected chi connectivity index (χ4v) is 3.23. The average molecular weight is 374 g/mol. The van der Waals surface area contributed by atoms with Crippen molar-refractivity contribution in [3.05, 3.63) is 33.3 Å². The Morgan fingerprint density at radius 2 is 2.29 bits per heavy atom. The van der Waals surface area contributed by atoms with Gasteiger partial charge in [0.2, 0.25) is 0 Å². The van der Waals surface area contributed by atoms with Crippen molar-refractivity contribution in [1.29, 1.82) is 0 Å². The molecule has 3 nitrogen and oxygen atoms in total. The molecule has 1 atom stereocenters. The molecule has 21 heavy (non-hydrogen) atoms. The summed E-state index contributed by atoms with van der Waals surface area (Å²) in [4.78, 5) is 14.6. The number of hydrogen-bond acceptors (Lipinski definition) is 2. The van der Waals surface area contributed by atoms with Crippen molar-refractivity contribution in [3.8, 4) is 0 Å². The summed E-state index contributed by atoms with van der Waals surface area (Å²) in [5, 5.41) is 3.97. The Balaban J connectivity index is 2.03. The number of carbonyl (C=O) groups excluding carboxylic acids is 1. The summed E-state index contributed by atoms with van der Waals surface area (Å²) in [5.41, 5.74) is 0.587. The highest BCUT2D eigenvalue weighted by atomic mass is 79.9. The maximum Gasteiger partial charge on any atom is 0.255 e. The second-order valence-electron chi connectivity index (χ2n) is 5.92. The minimum atomic E-state index is 0.0375. The monoisotopic (exact) mass is 372 g/mol. The van der Waals surface area contributed by atoms with Gasteiger partial charge in [-0.05, 0) is 53.4 Å². The summed E-state index contributed by atoms with van der Waals surface area (Å²) in [6.45, 7) is 6.88. The maximum absolute atomic E-state index is 12.7. The first kappa shape index (κ1) is 16.8. The van der Waals surface area contributed by atoms with Crippen molar-refractivity contribution in [2.24, 2.45) is 5.92 Å². The zero-order valence-electron chi connectivity index (χ0n) is 12.5. The molecule has 1 unspecified atom stereocenters. The zero-order valence-corrected chi connectivity index (χ0v) is 14.9. The first-order valence-electron chi connectivity index (χ1n) is 7.45. The third kappa shape index (κ3) is 4.44. The third-order valence-electron chi connectivity index (χ3n) is 3.80. The van der Waals surface area contributed by atoms with E-state index in [0.717, 1.165) is 30.5 Å². The van der Waals surface area contributed by atoms with Crippen molar-refractivity contribution in [2.75, 3.05) is 19.6 Å². The lowest BCUT2D eigenvalue weighted by Crippen LogP contribution is -2.43. The number of carbonyl (C=O) groups is 1. The number of hydrogen-bond donors (Lipinski definition) is 1. The molecule has 1 heterocycles. The molecular formula is C16H22BrClN2O. The van der Waals surface area contributed by atoms with Gasteiger partial charge in [-0.2, -0.15) is 0 Å². The lowest BCUT2D eigenvalue weighted by Gasteiger charge is -2.33. The Hall–Kier alpha value is -0.580. The van der Waals surface area contributed by atoms with Gasteiger partial charge in [-0.15, -0.1) is 0 Å². The van der Waals surface area contributed by atoms with Gasteiger partial charge in [0.25, 0.3) is 5.91 Å². The van der Waals surface area contributed by atoms with E-state index in [4.69, 9.17) is 11.6 Å². The lowest BCUT2D eigenvalue weighted by molar-refractivity contribution is 0.0672. The van der Waals surface area contributed by atoms with Gasteiger partial charge < -0.3 is 10.2 Å². The van der Waals surface area contributed by atoms with E-state index in [1.807, 2.05) is 17.0 Å². The summed E-state index contributed by atoms with van der Waals surface area (Å²) >= 11 is 9.62. The molecule has 116 valence electrons. The van der Waals surface area contributed by atoms with Crippen LogP contribution in [-0.2, 0) is 0 Å². The third-order valence-corrected chi connectivity index (χ3v) is 5.10. The minimum absolute atomic E-state index is 0.0375. The second-order valence-corrected chi connectivity index (χ2v) is 7.16. The fourth-order valence-electron chi connectivity index (χ4n) is 2.66. The normalized spacial score (nSPS) is 19.1. The van der Waals surface area contributed by atoms with Crippen molar-refractivity contribution >= 4 is 33.4 Å². The number of benzene rings is 1. The molecule has 5 heteroatoms. The Morgan fingerprint density at radius 1 is 1.52 bits per heavy atom. The number of likely N-dealkylation sites (tertiary alicyclic amines) is 1. The van der Waals surface area contributed by atoms with E-state index in [1.165, 1.54) is 6.42 Å². The van der Waals surface area contributed by atoms with Gasteiger partial charge >= 0.3 is 0 Å². The van der Waals surface area contributed by atoms with Crippen LogP contribution < -0.4 is 5.32 Å². The van der Waals surface area contributed by atoms with Crippen LogP contribution in [0.4, 0.5) is 0 Å². The summed E-state index contributed by atoms with van der Waals surface area (Å²) < 4.78 is 0.769. The lowest BCUT2D eigenvalue weighted by atomic mass is 9.97.